The van der Waals surface area contributed by atoms with Gasteiger partial charge in [0.25, 0.3) is 11.8 Å². The Morgan fingerprint density at radius 1 is 1.04 bits per heavy atom. The van der Waals surface area contributed by atoms with Crippen LogP contribution < -0.4 is 0 Å². The fraction of sp³-hybridized carbons (Fsp3) is 0.235. The lowest BCUT2D eigenvalue weighted by atomic mass is 10.1. The quantitative estimate of drug-likeness (QED) is 0.476. The topological polar surface area (TPSA) is 40.6 Å². The maximum absolute atomic E-state index is 12.4. The van der Waals surface area contributed by atoms with Gasteiger partial charge in [0.05, 0.1) is 0 Å². The Bertz CT molecular complexity index is 667. The van der Waals surface area contributed by atoms with E-state index in [2.05, 4.69) is 0 Å². The Balaban J connectivity index is 2.28. The molecule has 1 heterocycles. The number of halogens is 1. The molecule has 0 bridgehead atoms. The smallest absolute Gasteiger partial charge is 0.265 e. The highest BCUT2D eigenvalue weighted by molar-refractivity contribution is 7.80. The fourth-order valence-corrected chi connectivity index (χ4v) is 2.78. The van der Waals surface area contributed by atoms with Crippen LogP contribution in [0.2, 0.25) is 5.02 Å². The number of amides is 2. The first-order valence-corrected chi connectivity index (χ1v) is 8.09. The van der Waals surface area contributed by atoms with E-state index in [0.29, 0.717) is 18.1 Å². The van der Waals surface area contributed by atoms with Gasteiger partial charge in [0.15, 0.2) is 5.11 Å². The lowest BCUT2D eigenvalue weighted by Gasteiger charge is -2.35. The van der Waals surface area contributed by atoms with Crippen molar-refractivity contribution in [1.82, 2.24) is 9.80 Å². The van der Waals surface area contributed by atoms with Crippen LogP contribution in [0.15, 0.2) is 42.0 Å². The van der Waals surface area contributed by atoms with Crippen LogP contribution in [0, 0.1) is 0 Å². The summed E-state index contributed by atoms with van der Waals surface area (Å²) in [5.74, 6) is -0.707. The van der Waals surface area contributed by atoms with Gasteiger partial charge in [-0.25, -0.2) is 0 Å². The van der Waals surface area contributed by atoms with Gasteiger partial charge in [0, 0.05) is 18.1 Å². The predicted molar refractivity (Wildman–Crippen MR) is 95.9 cm³/mol. The van der Waals surface area contributed by atoms with Crippen molar-refractivity contribution < 1.29 is 9.59 Å². The minimum Gasteiger partial charge on any atom is -0.285 e. The SMILES string of the molecule is CCN1C(=O)C(=C/C=C/c2ccc(Cl)cc2)C(=O)N(CC)C1=S. The molecule has 0 radical (unpaired) electrons. The van der Waals surface area contributed by atoms with Crippen LogP contribution in [0.5, 0.6) is 0 Å². The molecule has 0 aliphatic carbocycles. The zero-order chi connectivity index (χ0) is 17.0. The third-order valence-electron chi connectivity index (χ3n) is 3.47. The third kappa shape index (κ3) is 3.68. The summed E-state index contributed by atoms with van der Waals surface area (Å²) in [7, 11) is 0. The Labute approximate surface area is 146 Å². The van der Waals surface area contributed by atoms with E-state index >= 15 is 0 Å². The van der Waals surface area contributed by atoms with Crippen LogP contribution in [-0.4, -0.2) is 39.8 Å². The van der Waals surface area contributed by atoms with E-state index in [9.17, 15) is 9.59 Å². The molecule has 1 saturated heterocycles. The average molecular weight is 349 g/mol. The van der Waals surface area contributed by atoms with E-state index < -0.39 is 0 Å². The second-order valence-corrected chi connectivity index (χ2v) is 5.67. The Hall–Kier alpha value is -1.98. The standard InChI is InChI=1S/C17H17ClN2O2S/c1-3-19-15(21)14(16(22)20(4-2)17(19)23)7-5-6-12-8-10-13(18)11-9-12/h5-11H,3-4H2,1-2H3/b6-5+. The molecule has 6 heteroatoms. The fourth-order valence-electron chi connectivity index (χ4n) is 2.23. The zero-order valence-electron chi connectivity index (χ0n) is 13.0. The second-order valence-electron chi connectivity index (χ2n) is 4.87. The van der Waals surface area contributed by atoms with Gasteiger partial charge in [-0.3, -0.25) is 19.4 Å². The highest BCUT2D eigenvalue weighted by Crippen LogP contribution is 2.18. The van der Waals surface area contributed by atoms with Crippen molar-refractivity contribution in [3.63, 3.8) is 0 Å². The third-order valence-corrected chi connectivity index (χ3v) is 4.16. The summed E-state index contributed by atoms with van der Waals surface area (Å²) in [5.41, 5.74) is 1.05. The Morgan fingerprint density at radius 2 is 1.57 bits per heavy atom. The first kappa shape index (κ1) is 17.4. The van der Waals surface area contributed by atoms with E-state index in [4.69, 9.17) is 23.8 Å². The highest BCUT2D eigenvalue weighted by Gasteiger charge is 2.37. The van der Waals surface area contributed by atoms with Gasteiger partial charge in [0.2, 0.25) is 0 Å². The summed E-state index contributed by atoms with van der Waals surface area (Å²) in [6.45, 7) is 4.52. The van der Waals surface area contributed by atoms with Gasteiger partial charge in [0.1, 0.15) is 5.57 Å². The van der Waals surface area contributed by atoms with E-state index in [-0.39, 0.29) is 22.5 Å². The summed E-state index contributed by atoms with van der Waals surface area (Å²) in [6, 6.07) is 7.27. The predicted octanol–water partition coefficient (Wildman–Crippen LogP) is 3.28. The molecule has 120 valence electrons. The van der Waals surface area contributed by atoms with Crippen molar-refractivity contribution in [2.75, 3.05) is 13.1 Å². The molecular weight excluding hydrogens is 332 g/mol. The van der Waals surface area contributed by atoms with Gasteiger partial charge in [-0.2, -0.15) is 0 Å². The molecule has 2 rings (SSSR count). The Kier molecular flexibility index (Phi) is 5.69. The number of benzene rings is 1. The van der Waals surface area contributed by atoms with Crippen molar-refractivity contribution in [3.8, 4) is 0 Å². The average Bonchev–Trinajstić information content (AvgIpc) is 2.53. The van der Waals surface area contributed by atoms with Crippen LogP contribution in [-0.2, 0) is 9.59 Å². The highest BCUT2D eigenvalue weighted by atomic mass is 35.5. The summed E-state index contributed by atoms with van der Waals surface area (Å²) in [4.78, 5) is 27.7. The molecule has 0 unspecified atom stereocenters. The van der Waals surface area contributed by atoms with E-state index in [1.165, 1.54) is 15.9 Å². The van der Waals surface area contributed by atoms with Crippen molar-refractivity contribution in [3.05, 3.63) is 52.6 Å². The molecule has 0 saturated carbocycles. The van der Waals surface area contributed by atoms with E-state index in [0.717, 1.165) is 5.56 Å². The largest absolute Gasteiger partial charge is 0.285 e. The van der Waals surface area contributed by atoms with Crippen LogP contribution >= 0.6 is 23.8 Å². The summed E-state index contributed by atoms with van der Waals surface area (Å²) in [5, 5.41) is 0.924. The van der Waals surface area contributed by atoms with E-state index in [1.54, 1.807) is 18.2 Å². The van der Waals surface area contributed by atoms with Crippen LogP contribution in [0.25, 0.3) is 6.08 Å². The van der Waals surface area contributed by atoms with Gasteiger partial charge >= 0.3 is 0 Å². The molecule has 4 nitrogen and oxygen atoms in total. The monoisotopic (exact) mass is 348 g/mol. The number of carbonyl (C=O) groups is 2. The maximum atomic E-state index is 12.4. The van der Waals surface area contributed by atoms with E-state index in [1.807, 2.05) is 32.1 Å². The van der Waals surface area contributed by atoms with Gasteiger partial charge in [-0.1, -0.05) is 35.9 Å². The lowest BCUT2D eigenvalue weighted by molar-refractivity contribution is -0.133. The minimum absolute atomic E-state index is 0.118. The molecule has 1 fully saturated rings. The van der Waals surface area contributed by atoms with Crippen molar-refractivity contribution in [2.45, 2.75) is 13.8 Å². The second kappa shape index (κ2) is 7.53. The minimum atomic E-state index is -0.354. The van der Waals surface area contributed by atoms with Crippen LogP contribution in [0.3, 0.4) is 0 Å². The number of thiocarbonyl (C=S) groups is 1. The summed E-state index contributed by atoms with van der Waals surface area (Å²) < 4.78 is 0. The summed E-state index contributed by atoms with van der Waals surface area (Å²) >= 11 is 11.0. The normalized spacial score (nSPS) is 15.8. The number of nitrogens with zero attached hydrogens (tertiary/aromatic N) is 2. The van der Waals surface area contributed by atoms with Gasteiger partial charge in [-0.15, -0.1) is 0 Å². The molecule has 1 aromatic carbocycles. The van der Waals surface area contributed by atoms with Gasteiger partial charge in [-0.05, 0) is 49.8 Å². The first-order chi connectivity index (χ1) is 11.0. The summed E-state index contributed by atoms with van der Waals surface area (Å²) in [6.07, 6.45) is 5.03. The number of hydrogen-bond donors (Lipinski definition) is 0. The molecular formula is C17H17ClN2O2S. The lowest BCUT2D eigenvalue weighted by Crippen LogP contribution is -2.55. The van der Waals surface area contributed by atoms with Crippen LogP contribution in [0.1, 0.15) is 19.4 Å². The molecule has 0 atom stereocenters. The number of hydrogen-bond acceptors (Lipinski definition) is 3. The molecule has 0 spiro atoms. The van der Waals surface area contributed by atoms with Crippen molar-refractivity contribution in [1.29, 1.82) is 0 Å². The van der Waals surface area contributed by atoms with Crippen molar-refractivity contribution >= 4 is 46.8 Å². The first-order valence-electron chi connectivity index (χ1n) is 7.31. The maximum Gasteiger partial charge on any atom is 0.265 e. The molecule has 1 aromatic rings. The molecule has 2 amide bonds. The van der Waals surface area contributed by atoms with Crippen LogP contribution in [0.4, 0.5) is 0 Å². The zero-order valence-corrected chi connectivity index (χ0v) is 14.5. The molecule has 0 aromatic heterocycles. The number of carbonyl (C=O) groups excluding carboxylic acids is 2. The Morgan fingerprint density at radius 3 is 2.04 bits per heavy atom. The van der Waals surface area contributed by atoms with Crippen molar-refractivity contribution in [2.24, 2.45) is 0 Å². The number of allylic oxidation sites excluding steroid dienone is 2. The number of rotatable bonds is 4. The van der Waals surface area contributed by atoms with Gasteiger partial charge < -0.3 is 0 Å². The molecule has 1 aliphatic rings. The molecule has 1 aliphatic heterocycles. The molecule has 0 N–H and O–H groups in total. The number of likely N-dealkylation sites (N-methyl/N-ethyl adjacent to an activating group) is 2. The molecule has 23 heavy (non-hydrogen) atoms.